The van der Waals surface area contributed by atoms with Crippen molar-refractivity contribution in [1.82, 2.24) is 9.55 Å². The van der Waals surface area contributed by atoms with Gasteiger partial charge >= 0.3 is 0 Å². The molecule has 4 nitrogen and oxygen atoms in total. The minimum absolute atomic E-state index is 0.00694. The molecule has 0 radical (unpaired) electrons. The minimum atomic E-state index is -0.00694. The van der Waals surface area contributed by atoms with Crippen LogP contribution in [0.1, 0.15) is 5.76 Å². The maximum Gasteiger partial charge on any atom is 0.129 e. The number of hydrogen-bond acceptors (Lipinski definition) is 3. The molecule has 0 spiro atoms. The predicted molar refractivity (Wildman–Crippen MR) is 47.8 cm³/mol. The van der Waals surface area contributed by atoms with E-state index in [0.29, 0.717) is 5.76 Å². The van der Waals surface area contributed by atoms with Crippen molar-refractivity contribution in [3.63, 3.8) is 0 Å². The van der Waals surface area contributed by atoms with Crippen molar-refractivity contribution in [3.05, 3.63) is 42.9 Å². The zero-order valence-corrected chi connectivity index (χ0v) is 7.42. The Morgan fingerprint density at radius 2 is 2.46 bits per heavy atom. The van der Waals surface area contributed by atoms with Crippen LogP contribution in [0.2, 0.25) is 0 Å². The number of nitrogens with zero attached hydrogens (tertiary/aromatic N) is 2. The van der Waals surface area contributed by atoms with E-state index in [1.165, 1.54) is 6.26 Å². The van der Waals surface area contributed by atoms with Crippen molar-refractivity contribution in [1.29, 1.82) is 0 Å². The molecule has 2 aromatic heterocycles. The first-order valence-corrected chi connectivity index (χ1v) is 3.88. The molecule has 0 aliphatic rings. The monoisotopic (exact) mass is 180 g/mol. The first-order chi connectivity index (χ1) is 6.33. The van der Waals surface area contributed by atoms with E-state index in [1.807, 2.05) is 17.8 Å². The van der Waals surface area contributed by atoms with E-state index in [0.717, 1.165) is 0 Å². The van der Waals surface area contributed by atoms with Gasteiger partial charge in [0.25, 0.3) is 0 Å². The van der Waals surface area contributed by atoms with Crippen LogP contribution in [0, 0.1) is 0 Å². The molecule has 0 bridgehead atoms. The Labute approximate surface area is 76.5 Å². The van der Waals surface area contributed by atoms with Crippen LogP contribution in [-0.2, 0) is 13.7 Å². The molecule has 0 unspecified atom stereocenters. The second kappa shape index (κ2) is 5.16. The Balaban J connectivity index is 0.000000132. The number of aliphatic hydroxyl groups is 1. The maximum atomic E-state index is 8.33. The molecule has 0 atom stereocenters. The fraction of sp³-hybridized carbons (Fsp3) is 0.222. The summed E-state index contributed by atoms with van der Waals surface area (Å²) in [5.74, 6) is 0.611. The highest BCUT2D eigenvalue weighted by atomic mass is 16.4. The van der Waals surface area contributed by atoms with Gasteiger partial charge in [-0.05, 0) is 12.1 Å². The molecule has 2 heterocycles. The van der Waals surface area contributed by atoms with Gasteiger partial charge in [-0.3, -0.25) is 0 Å². The van der Waals surface area contributed by atoms with Crippen molar-refractivity contribution >= 4 is 0 Å². The minimum Gasteiger partial charge on any atom is -0.467 e. The van der Waals surface area contributed by atoms with E-state index >= 15 is 0 Å². The number of furan rings is 1. The van der Waals surface area contributed by atoms with E-state index in [2.05, 4.69) is 4.98 Å². The van der Waals surface area contributed by atoms with Gasteiger partial charge in [-0.25, -0.2) is 4.98 Å². The Hall–Kier alpha value is -1.55. The van der Waals surface area contributed by atoms with E-state index in [1.54, 1.807) is 24.7 Å². The zero-order chi connectivity index (χ0) is 9.52. The normalized spacial score (nSPS) is 9.08. The highest BCUT2D eigenvalue weighted by molar-refractivity contribution is 4.95. The van der Waals surface area contributed by atoms with Gasteiger partial charge in [0.05, 0.1) is 12.6 Å². The number of aryl methyl sites for hydroxylation is 1. The third kappa shape index (κ3) is 3.57. The molecule has 70 valence electrons. The molecular formula is C9H12N2O2. The predicted octanol–water partition coefficient (Wildman–Crippen LogP) is 1.19. The molecule has 13 heavy (non-hydrogen) atoms. The van der Waals surface area contributed by atoms with Crippen LogP contribution in [0.25, 0.3) is 0 Å². The molecule has 0 saturated heterocycles. The number of aromatic nitrogens is 2. The van der Waals surface area contributed by atoms with Crippen molar-refractivity contribution < 1.29 is 9.52 Å². The van der Waals surface area contributed by atoms with Gasteiger partial charge in [-0.15, -0.1) is 0 Å². The molecule has 2 rings (SSSR count). The summed E-state index contributed by atoms with van der Waals surface area (Å²) in [4.78, 5) is 3.78. The zero-order valence-electron chi connectivity index (χ0n) is 7.42. The van der Waals surface area contributed by atoms with Crippen molar-refractivity contribution in [2.75, 3.05) is 0 Å². The van der Waals surface area contributed by atoms with Crippen molar-refractivity contribution in [3.8, 4) is 0 Å². The second-order valence-electron chi connectivity index (χ2n) is 2.47. The number of rotatable bonds is 1. The van der Waals surface area contributed by atoms with E-state index in [9.17, 15) is 0 Å². The lowest BCUT2D eigenvalue weighted by Crippen LogP contribution is -1.76. The summed E-state index contributed by atoms with van der Waals surface area (Å²) < 4.78 is 6.62. The first-order valence-electron chi connectivity index (χ1n) is 3.88. The van der Waals surface area contributed by atoms with Crippen molar-refractivity contribution in [2.24, 2.45) is 7.05 Å². The van der Waals surface area contributed by atoms with Crippen LogP contribution in [0.15, 0.2) is 41.5 Å². The fourth-order valence-corrected chi connectivity index (χ4v) is 0.728. The fourth-order valence-electron chi connectivity index (χ4n) is 0.728. The summed E-state index contributed by atoms with van der Waals surface area (Å²) >= 11 is 0. The topological polar surface area (TPSA) is 51.2 Å². The highest BCUT2D eigenvalue weighted by Crippen LogP contribution is 1.96. The van der Waals surface area contributed by atoms with Gasteiger partial charge in [-0.2, -0.15) is 0 Å². The number of imidazole rings is 1. The lowest BCUT2D eigenvalue weighted by atomic mass is 10.5. The highest BCUT2D eigenvalue weighted by Gasteiger charge is 1.85. The molecule has 4 heteroatoms. The third-order valence-electron chi connectivity index (χ3n) is 1.37. The molecule has 0 aliphatic carbocycles. The quantitative estimate of drug-likeness (QED) is 0.717. The SMILES string of the molecule is Cn1ccnc1.OCc1ccco1. The second-order valence-corrected chi connectivity index (χ2v) is 2.47. The van der Waals surface area contributed by atoms with E-state index < -0.39 is 0 Å². The largest absolute Gasteiger partial charge is 0.467 e. The summed E-state index contributed by atoms with van der Waals surface area (Å²) in [7, 11) is 1.94. The van der Waals surface area contributed by atoms with Crippen LogP contribution in [0.4, 0.5) is 0 Å². The summed E-state index contributed by atoms with van der Waals surface area (Å²) in [5, 5.41) is 8.33. The molecular weight excluding hydrogens is 168 g/mol. The van der Waals surface area contributed by atoms with E-state index in [4.69, 9.17) is 9.52 Å². The maximum absolute atomic E-state index is 8.33. The average molecular weight is 180 g/mol. The molecule has 0 aromatic carbocycles. The summed E-state index contributed by atoms with van der Waals surface area (Å²) in [5.41, 5.74) is 0. The van der Waals surface area contributed by atoms with Crippen LogP contribution in [0.5, 0.6) is 0 Å². The smallest absolute Gasteiger partial charge is 0.129 e. The number of aliphatic hydroxyl groups excluding tert-OH is 1. The molecule has 0 fully saturated rings. The van der Waals surface area contributed by atoms with Crippen LogP contribution in [-0.4, -0.2) is 14.7 Å². The van der Waals surface area contributed by atoms with E-state index in [-0.39, 0.29) is 6.61 Å². The molecule has 1 N–H and O–H groups in total. The Morgan fingerprint density at radius 1 is 1.62 bits per heavy atom. The average Bonchev–Trinajstić information content (AvgIpc) is 2.76. The summed E-state index contributed by atoms with van der Waals surface area (Å²) in [6.45, 7) is -0.00694. The lowest BCUT2D eigenvalue weighted by molar-refractivity contribution is 0.247. The third-order valence-corrected chi connectivity index (χ3v) is 1.37. The molecule has 0 aliphatic heterocycles. The molecule has 2 aromatic rings. The summed E-state index contributed by atoms with van der Waals surface area (Å²) in [6.07, 6.45) is 6.92. The standard InChI is InChI=1S/C5H6O2.C4H6N2/c6-4-5-2-1-3-7-5;1-6-3-2-5-4-6/h1-3,6H,4H2;2-4H,1H3. The Bertz CT molecular complexity index is 300. The summed E-state index contributed by atoms with van der Waals surface area (Å²) in [6, 6.07) is 3.46. The Morgan fingerprint density at radius 3 is 2.69 bits per heavy atom. The Kier molecular flexibility index (Phi) is 3.78. The van der Waals surface area contributed by atoms with Crippen LogP contribution < -0.4 is 0 Å². The first kappa shape index (κ1) is 9.54. The molecule has 0 amide bonds. The van der Waals surface area contributed by atoms with Gasteiger partial charge in [0, 0.05) is 19.4 Å². The van der Waals surface area contributed by atoms with Crippen LogP contribution >= 0.6 is 0 Å². The van der Waals surface area contributed by atoms with Crippen LogP contribution in [0.3, 0.4) is 0 Å². The van der Waals surface area contributed by atoms with Gasteiger partial charge in [-0.1, -0.05) is 0 Å². The van der Waals surface area contributed by atoms with Gasteiger partial charge in [0.2, 0.25) is 0 Å². The van der Waals surface area contributed by atoms with Gasteiger partial charge in [0.1, 0.15) is 12.4 Å². The van der Waals surface area contributed by atoms with Crippen molar-refractivity contribution in [2.45, 2.75) is 6.61 Å². The lowest BCUT2D eigenvalue weighted by Gasteiger charge is -1.79. The molecule has 0 saturated carbocycles. The number of hydrogen-bond donors (Lipinski definition) is 1. The van der Waals surface area contributed by atoms with Gasteiger partial charge in [0.15, 0.2) is 0 Å². The van der Waals surface area contributed by atoms with Gasteiger partial charge < -0.3 is 14.1 Å².